The Morgan fingerprint density at radius 1 is 0.647 bits per heavy atom. The molecule has 0 aliphatic heterocycles. The van der Waals surface area contributed by atoms with Gasteiger partial charge < -0.3 is 20.4 Å². The Bertz CT molecular complexity index is 1470. The molecule has 0 bridgehead atoms. The first-order valence-electron chi connectivity index (χ1n) is 9.03. The summed E-state index contributed by atoms with van der Waals surface area (Å²) in [6, 6.07) is 10.1. The lowest BCUT2D eigenvalue weighted by Crippen LogP contribution is -1.98. The van der Waals surface area contributed by atoms with Crippen LogP contribution in [-0.2, 0) is 10.1 Å². The molecule has 0 saturated heterocycles. The van der Waals surface area contributed by atoms with Gasteiger partial charge in [0.2, 0.25) is 0 Å². The van der Waals surface area contributed by atoms with Gasteiger partial charge in [-0.1, -0.05) is 0 Å². The van der Waals surface area contributed by atoms with Crippen LogP contribution in [0.3, 0.4) is 0 Å². The van der Waals surface area contributed by atoms with Gasteiger partial charge in [0.15, 0.2) is 0 Å². The largest absolute Gasteiger partial charge is 0.507 e. The van der Waals surface area contributed by atoms with Gasteiger partial charge in [0.25, 0.3) is 10.1 Å². The van der Waals surface area contributed by atoms with Crippen LogP contribution in [-0.4, -0.2) is 45.3 Å². The average Bonchev–Trinajstić information content (AvgIpc) is 2.77. The van der Waals surface area contributed by atoms with Crippen molar-refractivity contribution in [3.8, 4) is 11.5 Å². The third-order valence-corrected chi connectivity index (χ3v) is 5.08. The summed E-state index contributed by atoms with van der Waals surface area (Å²) in [6.07, 6.45) is 0. The number of carboxylic acids is 2. The molecule has 0 heterocycles. The van der Waals surface area contributed by atoms with E-state index < -0.39 is 49.6 Å². The van der Waals surface area contributed by atoms with Gasteiger partial charge in [-0.3, -0.25) is 4.55 Å². The number of aromatic carboxylic acids is 2. The van der Waals surface area contributed by atoms with E-state index in [9.17, 15) is 32.8 Å². The molecule has 174 valence electrons. The SMILES string of the molecule is O=C(O)c1cc(N=Nc2ccc(N=Nc3ccc(O)c(C(=O)O)c3)c(S(=O)(=O)O)c2)ccc1O. The Kier molecular flexibility index (Phi) is 6.65. The number of rotatable bonds is 7. The zero-order chi connectivity index (χ0) is 25.0. The number of hydrogen-bond donors (Lipinski definition) is 5. The molecule has 34 heavy (non-hydrogen) atoms. The van der Waals surface area contributed by atoms with Gasteiger partial charge in [-0.15, -0.1) is 5.11 Å². The van der Waals surface area contributed by atoms with Crippen LogP contribution in [0.25, 0.3) is 0 Å². The van der Waals surface area contributed by atoms with E-state index in [1.807, 2.05) is 0 Å². The highest BCUT2D eigenvalue weighted by Crippen LogP contribution is 2.32. The van der Waals surface area contributed by atoms with Gasteiger partial charge in [-0.2, -0.15) is 23.8 Å². The molecule has 0 aliphatic rings. The van der Waals surface area contributed by atoms with E-state index >= 15 is 0 Å². The quantitative estimate of drug-likeness (QED) is 0.233. The number of aromatic hydroxyl groups is 2. The number of phenols is 2. The van der Waals surface area contributed by atoms with E-state index in [4.69, 9.17) is 10.2 Å². The Morgan fingerprint density at radius 3 is 1.50 bits per heavy atom. The lowest BCUT2D eigenvalue weighted by molar-refractivity contribution is 0.0682. The monoisotopic (exact) mass is 486 g/mol. The molecule has 3 aromatic carbocycles. The number of carboxylic acid groups (broad SMARTS) is 2. The Balaban J connectivity index is 1.95. The maximum atomic E-state index is 11.8. The summed E-state index contributed by atoms with van der Waals surface area (Å²) in [4.78, 5) is 21.5. The highest BCUT2D eigenvalue weighted by molar-refractivity contribution is 7.86. The number of carbonyl (C=O) groups is 2. The fourth-order valence-electron chi connectivity index (χ4n) is 2.60. The van der Waals surface area contributed by atoms with Crippen molar-refractivity contribution < 1.29 is 43.0 Å². The van der Waals surface area contributed by atoms with Crippen LogP contribution >= 0.6 is 0 Å². The molecule has 0 radical (unpaired) electrons. The maximum Gasteiger partial charge on any atom is 0.339 e. The van der Waals surface area contributed by atoms with Crippen molar-refractivity contribution in [2.24, 2.45) is 20.5 Å². The maximum absolute atomic E-state index is 11.8. The van der Waals surface area contributed by atoms with Gasteiger partial charge >= 0.3 is 11.9 Å². The molecule has 5 N–H and O–H groups in total. The zero-order valence-corrected chi connectivity index (χ0v) is 17.6. The summed E-state index contributed by atoms with van der Waals surface area (Å²) < 4.78 is 33.2. The predicted molar refractivity (Wildman–Crippen MR) is 115 cm³/mol. The number of azo groups is 2. The lowest BCUT2D eigenvalue weighted by atomic mass is 10.2. The minimum absolute atomic E-state index is 0.0122. The Morgan fingerprint density at radius 2 is 1.06 bits per heavy atom. The summed E-state index contributed by atoms with van der Waals surface area (Å²) in [5, 5.41) is 52.2. The smallest absolute Gasteiger partial charge is 0.339 e. The van der Waals surface area contributed by atoms with Crippen molar-refractivity contribution in [2.45, 2.75) is 4.90 Å². The topological polar surface area (TPSA) is 219 Å². The second kappa shape index (κ2) is 9.43. The van der Waals surface area contributed by atoms with Crippen LogP contribution in [0.4, 0.5) is 22.7 Å². The number of hydrogen-bond acceptors (Lipinski definition) is 10. The molecule has 0 fully saturated rings. The molecule has 0 amide bonds. The van der Waals surface area contributed by atoms with Gasteiger partial charge in [0.05, 0.1) is 17.1 Å². The minimum Gasteiger partial charge on any atom is -0.507 e. The lowest BCUT2D eigenvalue weighted by Gasteiger charge is -2.04. The molecule has 3 aromatic rings. The Labute approximate surface area is 190 Å². The van der Waals surface area contributed by atoms with Crippen molar-refractivity contribution >= 4 is 44.8 Å². The summed E-state index contributed by atoms with van der Waals surface area (Å²) >= 11 is 0. The molecule has 0 saturated carbocycles. The van der Waals surface area contributed by atoms with Crippen molar-refractivity contribution in [3.63, 3.8) is 0 Å². The fourth-order valence-corrected chi connectivity index (χ4v) is 3.24. The summed E-state index contributed by atoms with van der Waals surface area (Å²) in [7, 11) is -4.80. The molecule has 13 nitrogen and oxygen atoms in total. The molecular formula is C20H14N4O9S. The molecule has 0 atom stereocenters. The highest BCUT2D eigenvalue weighted by Gasteiger charge is 2.17. The number of nitrogens with zero attached hydrogens (tertiary/aromatic N) is 4. The van der Waals surface area contributed by atoms with Crippen LogP contribution in [0.2, 0.25) is 0 Å². The first-order valence-corrected chi connectivity index (χ1v) is 10.5. The second-order valence-corrected chi connectivity index (χ2v) is 7.93. The van der Waals surface area contributed by atoms with E-state index in [0.717, 1.165) is 36.4 Å². The zero-order valence-electron chi connectivity index (χ0n) is 16.8. The first kappa shape index (κ1) is 24.0. The molecular weight excluding hydrogens is 472 g/mol. The van der Waals surface area contributed by atoms with E-state index in [0.29, 0.717) is 0 Å². The summed E-state index contributed by atoms with van der Waals surface area (Å²) in [5.41, 5.74) is -1.16. The van der Waals surface area contributed by atoms with Crippen molar-refractivity contribution in [2.75, 3.05) is 0 Å². The van der Waals surface area contributed by atoms with Crippen LogP contribution in [0.15, 0.2) is 79.9 Å². The average molecular weight is 486 g/mol. The molecule has 0 spiro atoms. The van der Waals surface area contributed by atoms with Crippen LogP contribution in [0.1, 0.15) is 20.7 Å². The van der Waals surface area contributed by atoms with Crippen molar-refractivity contribution in [1.29, 1.82) is 0 Å². The Hall–Kier alpha value is -4.69. The second-order valence-electron chi connectivity index (χ2n) is 6.54. The normalized spacial score (nSPS) is 11.8. The van der Waals surface area contributed by atoms with E-state index in [1.165, 1.54) is 18.2 Å². The molecule has 3 rings (SSSR count). The van der Waals surface area contributed by atoms with Crippen LogP contribution in [0.5, 0.6) is 11.5 Å². The van der Waals surface area contributed by atoms with E-state index in [1.54, 1.807) is 0 Å². The van der Waals surface area contributed by atoms with Gasteiger partial charge in [0, 0.05) is 0 Å². The van der Waals surface area contributed by atoms with Gasteiger partial charge in [-0.25, -0.2) is 9.59 Å². The van der Waals surface area contributed by atoms with Gasteiger partial charge in [-0.05, 0) is 54.6 Å². The minimum atomic E-state index is -4.80. The van der Waals surface area contributed by atoms with Gasteiger partial charge in [0.1, 0.15) is 33.2 Å². The molecule has 0 aromatic heterocycles. The summed E-state index contributed by atoms with van der Waals surface area (Å²) in [6.45, 7) is 0. The molecule has 0 aliphatic carbocycles. The molecule has 0 unspecified atom stereocenters. The van der Waals surface area contributed by atoms with Crippen molar-refractivity contribution in [3.05, 3.63) is 65.7 Å². The highest BCUT2D eigenvalue weighted by atomic mass is 32.2. The van der Waals surface area contributed by atoms with E-state index in [-0.39, 0.29) is 22.7 Å². The van der Waals surface area contributed by atoms with Crippen molar-refractivity contribution in [1.82, 2.24) is 0 Å². The predicted octanol–water partition coefficient (Wildman–Crippen LogP) is 4.57. The van der Waals surface area contributed by atoms with Crippen LogP contribution < -0.4 is 0 Å². The third-order valence-electron chi connectivity index (χ3n) is 4.20. The van der Waals surface area contributed by atoms with Crippen LogP contribution in [0, 0.1) is 0 Å². The summed E-state index contributed by atoms with van der Waals surface area (Å²) in [5.74, 6) is -3.77. The fraction of sp³-hybridized carbons (Fsp3) is 0. The first-order chi connectivity index (χ1) is 16.0. The molecule has 14 heteroatoms. The number of benzene rings is 3. The van der Waals surface area contributed by atoms with E-state index in [2.05, 4.69) is 20.5 Å². The standard InChI is InChI=1S/C20H14N4O9S/c25-16-5-2-10(7-13(16)19(27)28)21-22-12-1-4-15(18(9-12)34(31,32)33)24-23-11-3-6-17(26)14(8-11)20(29)30/h1-9,25-26H,(H,27,28)(H,29,30)(H,31,32,33). The third kappa shape index (κ3) is 5.56.